The fraction of sp³-hybridized carbons (Fsp3) is 0.300. The quantitative estimate of drug-likeness (QED) is 0.681. The van der Waals surface area contributed by atoms with Gasteiger partial charge in [0, 0.05) is 19.0 Å². The molecular weight excluding hydrogens is 178 g/mol. The van der Waals surface area contributed by atoms with Crippen LogP contribution in [0.25, 0.3) is 5.52 Å². The number of nitrogens with zero attached hydrogens (tertiary/aromatic N) is 3. The molecule has 0 fully saturated rings. The zero-order chi connectivity index (χ0) is 9.97. The van der Waals surface area contributed by atoms with Gasteiger partial charge in [-0.3, -0.25) is 0 Å². The second-order valence-electron chi connectivity index (χ2n) is 3.28. The van der Waals surface area contributed by atoms with Gasteiger partial charge >= 0.3 is 0 Å². The van der Waals surface area contributed by atoms with Crippen LogP contribution >= 0.6 is 0 Å². The van der Waals surface area contributed by atoms with Gasteiger partial charge in [-0.05, 0) is 18.6 Å². The van der Waals surface area contributed by atoms with Gasteiger partial charge in [0.15, 0.2) is 0 Å². The SMILES string of the molecule is Cc1ccc2c(CCC=O)nnn2c1. The Balaban J connectivity index is 2.42. The van der Waals surface area contributed by atoms with Crippen LogP contribution in [0.2, 0.25) is 0 Å². The minimum atomic E-state index is 0.502. The summed E-state index contributed by atoms with van der Waals surface area (Å²) >= 11 is 0. The molecule has 72 valence electrons. The number of carbonyl (C=O) groups is 1. The Morgan fingerprint density at radius 1 is 1.50 bits per heavy atom. The summed E-state index contributed by atoms with van der Waals surface area (Å²) in [5.74, 6) is 0. The molecule has 0 aromatic carbocycles. The minimum absolute atomic E-state index is 0.502. The predicted octanol–water partition coefficient (Wildman–Crippen LogP) is 1.17. The average molecular weight is 189 g/mol. The summed E-state index contributed by atoms with van der Waals surface area (Å²) in [7, 11) is 0. The van der Waals surface area contributed by atoms with Crippen LogP contribution in [0.5, 0.6) is 0 Å². The van der Waals surface area contributed by atoms with Gasteiger partial charge in [-0.25, -0.2) is 4.52 Å². The molecule has 0 amide bonds. The first kappa shape index (κ1) is 8.87. The van der Waals surface area contributed by atoms with Crippen LogP contribution in [0, 0.1) is 6.92 Å². The molecule has 0 radical (unpaired) electrons. The lowest BCUT2D eigenvalue weighted by atomic mass is 10.2. The third-order valence-electron chi connectivity index (χ3n) is 2.13. The third-order valence-corrected chi connectivity index (χ3v) is 2.13. The van der Waals surface area contributed by atoms with Crippen molar-refractivity contribution in [1.82, 2.24) is 14.8 Å². The maximum atomic E-state index is 10.2. The van der Waals surface area contributed by atoms with Gasteiger partial charge in [-0.1, -0.05) is 11.3 Å². The molecule has 0 atom stereocenters. The molecule has 0 aliphatic carbocycles. The molecule has 2 heterocycles. The van der Waals surface area contributed by atoms with E-state index in [9.17, 15) is 4.79 Å². The highest BCUT2D eigenvalue weighted by molar-refractivity contribution is 5.55. The standard InChI is InChI=1S/C10H11N3O/c1-8-4-5-10-9(3-2-6-14)11-12-13(10)7-8/h4-7H,2-3H2,1H3. The van der Waals surface area contributed by atoms with Crippen LogP contribution in [0.3, 0.4) is 0 Å². The number of aromatic nitrogens is 3. The molecule has 0 N–H and O–H groups in total. The molecular formula is C10H11N3O. The zero-order valence-corrected chi connectivity index (χ0v) is 7.97. The molecule has 2 aromatic rings. The molecule has 0 unspecified atom stereocenters. The largest absolute Gasteiger partial charge is 0.303 e. The van der Waals surface area contributed by atoms with Gasteiger partial charge < -0.3 is 4.79 Å². The number of rotatable bonds is 3. The first-order valence-corrected chi connectivity index (χ1v) is 4.55. The Morgan fingerprint density at radius 3 is 3.14 bits per heavy atom. The van der Waals surface area contributed by atoms with Gasteiger partial charge in [0.25, 0.3) is 0 Å². The molecule has 0 spiro atoms. The van der Waals surface area contributed by atoms with Crippen molar-refractivity contribution >= 4 is 11.8 Å². The summed E-state index contributed by atoms with van der Waals surface area (Å²) in [4.78, 5) is 10.2. The van der Waals surface area contributed by atoms with E-state index >= 15 is 0 Å². The average Bonchev–Trinajstić information content (AvgIpc) is 2.57. The smallest absolute Gasteiger partial charge is 0.120 e. The van der Waals surface area contributed by atoms with Crippen LogP contribution < -0.4 is 0 Å². The lowest BCUT2D eigenvalue weighted by molar-refractivity contribution is -0.107. The monoisotopic (exact) mass is 189 g/mol. The van der Waals surface area contributed by atoms with E-state index in [2.05, 4.69) is 10.3 Å². The van der Waals surface area contributed by atoms with Gasteiger partial charge in [-0.15, -0.1) is 5.10 Å². The van der Waals surface area contributed by atoms with Crippen molar-refractivity contribution in [2.24, 2.45) is 0 Å². The van der Waals surface area contributed by atoms with Gasteiger partial charge in [0.2, 0.25) is 0 Å². The Kier molecular flexibility index (Phi) is 2.26. The van der Waals surface area contributed by atoms with E-state index in [1.165, 1.54) is 0 Å². The summed E-state index contributed by atoms with van der Waals surface area (Å²) in [6.07, 6.45) is 3.99. The zero-order valence-electron chi connectivity index (χ0n) is 7.97. The normalized spacial score (nSPS) is 10.6. The minimum Gasteiger partial charge on any atom is -0.303 e. The van der Waals surface area contributed by atoms with E-state index in [4.69, 9.17) is 0 Å². The van der Waals surface area contributed by atoms with Crippen LogP contribution in [0.4, 0.5) is 0 Å². The summed E-state index contributed by atoms with van der Waals surface area (Å²) in [5.41, 5.74) is 3.01. The first-order valence-electron chi connectivity index (χ1n) is 4.55. The highest BCUT2D eigenvalue weighted by Gasteiger charge is 2.04. The van der Waals surface area contributed by atoms with E-state index in [1.54, 1.807) is 4.52 Å². The van der Waals surface area contributed by atoms with E-state index in [-0.39, 0.29) is 0 Å². The van der Waals surface area contributed by atoms with Crippen molar-refractivity contribution in [1.29, 1.82) is 0 Å². The van der Waals surface area contributed by atoms with Gasteiger partial charge in [-0.2, -0.15) is 0 Å². The molecule has 0 aliphatic heterocycles. The van der Waals surface area contributed by atoms with Crippen LogP contribution in [0.1, 0.15) is 17.7 Å². The van der Waals surface area contributed by atoms with Crippen molar-refractivity contribution < 1.29 is 4.79 Å². The van der Waals surface area contributed by atoms with Crippen molar-refractivity contribution in [2.75, 3.05) is 0 Å². The van der Waals surface area contributed by atoms with Crippen LogP contribution in [-0.4, -0.2) is 21.1 Å². The molecule has 0 bridgehead atoms. The topological polar surface area (TPSA) is 47.3 Å². The van der Waals surface area contributed by atoms with Crippen molar-refractivity contribution in [3.8, 4) is 0 Å². The van der Waals surface area contributed by atoms with E-state index < -0.39 is 0 Å². The van der Waals surface area contributed by atoms with E-state index in [0.717, 1.165) is 23.1 Å². The summed E-state index contributed by atoms with van der Waals surface area (Å²) in [6.45, 7) is 2.01. The number of carbonyl (C=O) groups excluding carboxylic acids is 1. The van der Waals surface area contributed by atoms with Crippen molar-refractivity contribution in [3.63, 3.8) is 0 Å². The predicted molar refractivity (Wildman–Crippen MR) is 52.1 cm³/mol. The number of pyridine rings is 1. The first-order chi connectivity index (χ1) is 6.81. The van der Waals surface area contributed by atoms with Crippen molar-refractivity contribution in [2.45, 2.75) is 19.8 Å². The van der Waals surface area contributed by atoms with Gasteiger partial charge in [0.1, 0.15) is 6.29 Å². The molecule has 0 saturated carbocycles. The number of hydrogen-bond donors (Lipinski definition) is 0. The molecule has 2 rings (SSSR count). The number of hydrogen-bond acceptors (Lipinski definition) is 3. The number of aldehydes is 1. The molecule has 4 heteroatoms. The van der Waals surface area contributed by atoms with E-state index in [1.807, 2.05) is 25.3 Å². The summed E-state index contributed by atoms with van der Waals surface area (Å²) in [5, 5.41) is 8.01. The molecule has 14 heavy (non-hydrogen) atoms. The Bertz CT molecular complexity index is 461. The highest BCUT2D eigenvalue weighted by atomic mass is 16.1. The van der Waals surface area contributed by atoms with Crippen LogP contribution in [-0.2, 0) is 11.2 Å². The Hall–Kier alpha value is -1.71. The number of aryl methyl sites for hydroxylation is 2. The lowest BCUT2D eigenvalue weighted by Gasteiger charge is -1.95. The summed E-state index contributed by atoms with van der Waals surface area (Å²) in [6, 6.07) is 4.00. The molecule has 0 aliphatic rings. The Labute approximate surface area is 81.5 Å². The fourth-order valence-electron chi connectivity index (χ4n) is 1.42. The third kappa shape index (κ3) is 1.51. The highest BCUT2D eigenvalue weighted by Crippen LogP contribution is 2.10. The van der Waals surface area contributed by atoms with Crippen molar-refractivity contribution in [3.05, 3.63) is 29.6 Å². The number of fused-ring (bicyclic) bond motifs is 1. The second-order valence-corrected chi connectivity index (χ2v) is 3.28. The maximum Gasteiger partial charge on any atom is 0.120 e. The molecule has 2 aromatic heterocycles. The fourth-order valence-corrected chi connectivity index (χ4v) is 1.42. The summed E-state index contributed by atoms with van der Waals surface area (Å²) < 4.78 is 1.75. The molecule has 4 nitrogen and oxygen atoms in total. The van der Waals surface area contributed by atoms with Gasteiger partial charge in [0.05, 0.1) is 11.2 Å². The molecule has 0 saturated heterocycles. The second kappa shape index (κ2) is 3.57. The maximum absolute atomic E-state index is 10.2. The van der Waals surface area contributed by atoms with E-state index in [0.29, 0.717) is 12.8 Å². The Morgan fingerprint density at radius 2 is 2.36 bits per heavy atom. The lowest BCUT2D eigenvalue weighted by Crippen LogP contribution is -1.89. The van der Waals surface area contributed by atoms with Crippen LogP contribution in [0.15, 0.2) is 18.3 Å².